The van der Waals surface area contributed by atoms with Crippen LogP contribution in [0.2, 0.25) is 0 Å². The highest BCUT2D eigenvalue weighted by Gasteiger charge is 2.30. The van der Waals surface area contributed by atoms with E-state index in [1.54, 1.807) is 11.0 Å². The van der Waals surface area contributed by atoms with Crippen LogP contribution in [-0.4, -0.2) is 45.1 Å². The molecular weight excluding hydrogens is 405 g/mol. The summed E-state index contributed by atoms with van der Waals surface area (Å²) in [6.45, 7) is 0.993. The molecule has 2 N–H and O–H groups in total. The van der Waals surface area contributed by atoms with Crippen molar-refractivity contribution in [2.75, 3.05) is 18.4 Å². The molecule has 0 saturated carbocycles. The molecule has 0 atom stereocenters. The molecule has 0 aliphatic carbocycles. The van der Waals surface area contributed by atoms with Gasteiger partial charge >= 0.3 is 6.18 Å². The van der Waals surface area contributed by atoms with Gasteiger partial charge in [0.05, 0.1) is 21.9 Å². The van der Waals surface area contributed by atoms with E-state index < -0.39 is 11.7 Å². The van der Waals surface area contributed by atoms with E-state index in [1.807, 2.05) is 0 Å². The largest absolute Gasteiger partial charge is 0.416 e. The van der Waals surface area contributed by atoms with Crippen molar-refractivity contribution >= 4 is 39.0 Å². The van der Waals surface area contributed by atoms with Gasteiger partial charge in [0.25, 0.3) is 5.91 Å². The average Bonchev–Trinajstić information content (AvgIpc) is 3.13. The number of thiophene rings is 1. The topological polar surface area (TPSA) is 78.4 Å². The van der Waals surface area contributed by atoms with E-state index in [-0.39, 0.29) is 12.0 Å². The van der Waals surface area contributed by atoms with Crippen LogP contribution in [0.25, 0.3) is 10.2 Å². The summed E-state index contributed by atoms with van der Waals surface area (Å²) in [6, 6.07) is 6.34. The van der Waals surface area contributed by atoms with Crippen LogP contribution < -0.4 is 5.32 Å². The van der Waals surface area contributed by atoms with Crippen molar-refractivity contribution in [2.24, 2.45) is 0 Å². The summed E-state index contributed by atoms with van der Waals surface area (Å²) in [6.07, 6.45) is -2.31. The minimum atomic E-state index is -4.40. The Morgan fingerprint density at radius 1 is 1.17 bits per heavy atom. The third-order valence-corrected chi connectivity index (χ3v) is 5.80. The van der Waals surface area contributed by atoms with Crippen molar-refractivity contribution in [3.63, 3.8) is 0 Å². The van der Waals surface area contributed by atoms with Gasteiger partial charge < -0.3 is 15.3 Å². The van der Waals surface area contributed by atoms with Gasteiger partial charge in [0.2, 0.25) is 0 Å². The predicted molar refractivity (Wildman–Crippen MR) is 103 cm³/mol. The van der Waals surface area contributed by atoms with Crippen molar-refractivity contribution < 1.29 is 23.1 Å². The van der Waals surface area contributed by atoms with Crippen molar-refractivity contribution in [3.8, 4) is 0 Å². The maximum Gasteiger partial charge on any atom is 0.416 e. The fourth-order valence-electron chi connectivity index (χ4n) is 3.16. The number of nitrogens with one attached hydrogen (secondary N) is 1. The first-order chi connectivity index (χ1) is 13.8. The van der Waals surface area contributed by atoms with Gasteiger partial charge in [0.15, 0.2) is 0 Å². The van der Waals surface area contributed by atoms with E-state index in [0.29, 0.717) is 52.5 Å². The highest BCUT2D eigenvalue weighted by Crippen LogP contribution is 2.33. The van der Waals surface area contributed by atoms with Gasteiger partial charge in [-0.15, -0.1) is 11.3 Å². The summed E-state index contributed by atoms with van der Waals surface area (Å²) in [5.74, 6) is 0.291. The van der Waals surface area contributed by atoms with Gasteiger partial charge in [-0.25, -0.2) is 9.97 Å². The summed E-state index contributed by atoms with van der Waals surface area (Å²) in [7, 11) is 0. The summed E-state index contributed by atoms with van der Waals surface area (Å²) >= 11 is 1.24. The number of carbonyl (C=O) groups is 1. The maximum absolute atomic E-state index is 12.8. The maximum atomic E-state index is 12.8. The van der Waals surface area contributed by atoms with Gasteiger partial charge in [0, 0.05) is 18.8 Å². The molecule has 1 aromatic carbocycles. The lowest BCUT2D eigenvalue weighted by atomic mass is 10.1. The Kier molecular flexibility index (Phi) is 5.13. The number of fused-ring (bicyclic) bond motifs is 1. The number of piperidine rings is 1. The lowest BCUT2D eigenvalue weighted by Crippen LogP contribution is -2.39. The second kappa shape index (κ2) is 7.60. The molecule has 3 aromatic rings. The van der Waals surface area contributed by atoms with Crippen LogP contribution in [0, 0.1) is 0 Å². The highest BCUT2D eigenvalue weighted by atomic mass is 32.1. The molecule has 4 rings (SSSR count). The second-order valence-corrected chi connectivity index (χ2v) is 7.81. The van der Waals surface area contributed by atoms with Gasteiger partial charge in [-0.2, -0.15) is 13.2 Å². The van der Waals surface area contributed by atoms with Crippen molar-refractivity contribution in [1.82, 2.24) is 14.9 Å². The van der Waals surface area contributed by atoms with Crippen LogP contribution in [0.15, 0.2) is 36.7 Å². The Bertz CT molecular complexity index is 1030. The third kappa shape index (κ3) is 4.18. The van der Waals surface area contributed by atoms with Crippen LogP contribution >= 0.6 is 11.3 Å². The molecule has 1 aliphatic heterocycles. The number of alkyl halides is 3. The first-order valence-electron chi connectivity index (χ1n) is 8.97. The fourth-order valence-corrected chi connectivity index (χ4v) is 4.13. The van der Waals surface area contributed by atoms with E-state index in [2.05, 4.69) is 15.3 Å². The predicted octanol–water partition coefficient (Wildman–Crippen LogP) is 4.05. The summed E-state index contributed by atoms with van der Waals surface area (Å²) in [5.41, 5.74) is -0.284. The minimum Gasteiger partial charge on any atom is -0.393 e. The molecule has 152 valence electrons. The number of carbonyl (C=O) groups excluding carboxylic acids is 1. The molecule has 1 aliphatic rings. The van der Waals surface area contributed by atoms with E-state index in [0.717, 1.165) is 12.1 Å². The molecule has 10 heteroatoms. The molecule has 3 heterocycles. The number of likely N-dealkylation sites (tertiary alicyclic amines) is 1. The molecule has 29 heavy (non-hydrogen) atoms. The first kappa shape index (κ1) is 19.6. The Hall–Kier alpha value is -2.72. The van der Waals surface area contributed by atoms with E-state index in [9.17, 15) is 23.1 Å². The summed E-state index contributed by atoms with van der Waals surface area (Å²) in [4.78, 5) is 23.9. The number of anilines is 2. The average molecular weight is 422 g/mol. The van der Waals surface area contributed by atoms with Gasteiger partial charge in [-0.1, -0.05) is 0 Å². The molecule has 6 nitrogen and oxygen atoms in total. The Labute approximate surface area is 168 Å². The van der Waals surface area contributed by atoms with E-state index in [1.165, 1.54) is 29.8 Å². The number of aliphatic hydroxyl groups is 1. The molecule has 0 bridgehead atoms. The number of halogens is 3. The summed E-state index contributed by atoms with van der Waals surface area (Å²) < 4.78 is 38.2. The summed E-state index contributed by atoms with van der Waals surface area (Å²) in [5, 5.41) is 13.2. The van der Waals surface area contributed by atoms with Crippen molar-refractivity contribution in [2.45, 2.75) is 25.1 Å². The highest BCUT2D eigenvalue weighted by molar-refractivity contribution is 7.20. The van der Waals surface area contributed by atoms with E-state index >= 15 is 0 Å². The smallest absolute Gasteiger partial charge is 0.393 e. The molecule has 1 saturated heterocycles. The third-order valence-electron chi connectivity index (χ3n) is 4.77. The molecule has 0 unspecified atom stereocenters. The Balaban J connectivity index is 1.57. The van der Waals surface area contributed by atoms with Crippen LogP contribution in [0.4, 0.5) is 24.7 Å². The normalized spacial score (nSPS) is 15.7. The zero-order valence-electron chi connectivity index (χ0n) is 15.1. The lowest BCUT2D eigenvalue weighted by Gasteiger charge is -2.29. The number of amides is 1. The zero-order valence-corrected chi connectivity index (χ0v) is 15.9. The molecule has 2 aromatic heterocycles. The van der Waals surface area contributed by atoms with Crippen molar-refractivity contribution in [1.29, 1.82) is 0 Å². The number of nitrogens with zero attached hydrogens (tertiary/aromatic N) is 3. The quantitative estimate of drug-likeness (QED) is 0.666. The fraction of sp³-hybridized carbons (Fsp3) is 0.316. The van der Waals surface area contributed by atoms with Crippen LogP contribution in [0.5, 0.6) is 0 Å². The lowest BCUT2D eigenvalue weighted by molar-refractivity contribution is -0.137. The molecule has 0 radical (unpaired) electrons. The Morgan fingerprint density at radius 3 is 2.52 bits per heavy atom. The van der Waals surface area contributed by atoms with Gasteiger partial charge in [-0.05, 0) is 43.2 Å². The standard InChI is InChI=1S/C19H17F3N4O2S/c20-19(21,22)11-1-3-12(4-2-11)25-16-14-9-15(29-17(14)24-10-23-16)18(28)26-7-5-13(27)6-8-26/h1-4,9-10,13,27H,5-8H2,(H,23,24,25). The van der Waals surface area contributed by atoms with Crippen LogP contribution in [0.1, 0.15) is 28.1 Å². The number of aromatic nitrogens is 2. The number of rotatable bonds is 3. The number of aliphatic hydroxyl groups excluding tert-OH is 1. The SMILES string of the molecule is O=C(c1cc2c(Nc3ccc(C(F)(F)F)cc3)ncnc2s1)N1CCC(O)CC1. The Morgan fingerprint density at radius 2 is 1.86 bits per heavy atom. The van der Waals surface area contributed by atoms with Crippen LogP contribution in [0.3, 0.4) is 0 Å². The minimum absolute atomic E-state index is 0.125. The molecular formula is C19H17F3N4O2S. The molecule has 1 fully saturated rings. The van der Waals surface area contributed by atoms with Crippen LogP contribution in [-0.2, 0) is 6.18 Å². The van der Waals surface area contributed by atoms with Gasteiger partial charge in [-0.3, -0.25) is 4.79 Å². The molecule has 1 amide bonds. The number of benzene rings is 1. The number of hydrogen-bond acceptors (Lipinski definition) is 6. The zero-order chi connectivity index (χ0) is 20.6. The number of hydrogen-bond donors (Lipinski definition) is 2. The van der Waals surface area contributed by atoms with E-state index in [4.69, 9.17) is 0 Å². The second-order valence-electron chi connectivity index (χ2n) is 6.78. The van der Waals surface area contributed by atoms with Crippen molar-refractivity contribution in [3.05, 3.63) is 47.1 Å². The molecule has 0 spiro atoms. The first-order valence-corrected chi connectivity index (χ1v) is 9.79. The van der Waals surface area contributed by atoms with Gasteiger partial charge in [0.1, 0.15) is 17.0 Å². The monoisotopic (exact) mass is 422 g/mol.